The first-order valence-electron chi connectivity index (χ1n) is 7.70. The van der Waals surface area contributed by atoms with E-state index in [2.05, 4.69) is 5.32 Å². The van der Waals surface area contributed by atoms with Gasteiger partial charge in [-0.1, -0.05) is 29.8 Å². The molecule has 128 valence electrons. The Kier molecular flexibility index (Phi) is 6.29. The Morgan fingerprint density at radius 1 is 1.17 bits per heavy atom. The van der Waals surface area contributed by atoms with E-state index in [1.165, 1.54) is 12.1 Å². The van der Waals surface area contributed by atoms with Crippen molar-refractivity contribution in [2.75, 3.05) is 6.54 Å². The van der Waals surface area contributed by atoms with Crippen LogP contribution >= 0.6 is 11.6 Å². The van der Waals surface area contributed by atoms with Crippen LogP contribution in [0.3, 0.4) is 0 Å². The van der Waals surface area contributed by atoms with Gasteiger partial charge in [-0.15, -0.1) is 0 Å². The predicted octanol–water partition coefficient (Wildman–Crippen LogP) is 3.12. The number of carbonyl (C=O) groups excluding carboxylic acids is 1. The number of hydrogen-bond acceptors (Lipinski definition) is 1. The summed E-state index contributed by atoms with van der Waals surface area (Å²) in [4.78, 5) is 12.0. The zero-order valence-corrected chi connectivity index (χ0v) is 14.3. The zero-order valence-electron chi connectivity index (χ0n) is 13.5. The molecule has 6 heteroatoms. The predicted molar refractivity (Wildman–Crippen MR) is 89.6 cm³/mol. The maximum atomic E-state index is 13.7. The minimum Gasteiger partial charge on any atom is -0.345 e. The number of nitrogens with two attached hydrogens (primary N) is 1. The lowest BCUT2D eigenvalue weighted by Gasteiger charge is -2.16. The first-order valence-corrected chi connectivity index (χ1v) is 8.07. The zero-order chi connectivity index (χ0) is 17.7. The molecule has 3 nitrogen and oxygen atoms in total. The number of quaternary nitrogens is 1. The molecule has 0 aliphatic carbocycles. The SMILES string of the molecule is C[C@H]([NH2+]CC(=O)N[C@H](C)c1ccc(F)cc1F)c1ccc(Cl)cc1. The Hall–Kier alpha value is -1.98. The Balaban J connectivity index is 1.87. The van der Waals surface area contributed by atoms with Gasteiger partial charge in [0.25, 0.3) is 5.91 Å². The second-order valence-electron chi connectivity index (χ2n) is 5.74. The van der Waals surface area contributed by atoms with Crippen LogP contribution in [0.5, 0.6) is 0 Å². The van der Waals surface area contributed by atoms with Gasteiger partial charge in [-0.25, -0.2) is 8.78 Å². The summed E-state index contributed by atoms with van der Waals surface area (Å²) in [7, 11) is 0. The highest BCUT2D eigenvalue weighted by Gasteiger charge is 2.16. The number of rotatable bonds is 6. The van der Waals surface area contributed by atoms with E-state index in [0.717, 1.165) is 11.6 Å². The van der Waals surface area contributed by atoms with Gasteiger partial charge in [0.15, 0.2) is 6.54 Å². The molecule has 2 aromatic rings. The molecule has 0 aromatic heterocycles. The first kappa shape index (κ1) is 18.4. The topological polar surface area (TPSA) is 45.7 Å². The van der Waals surface area contributed by atoms with Crippen LogP contribution in [-0.4, -0.2) is 12.5 Å². The Labute approximate surface area is 145 Å². The van der Waals surface area contributed by atoms with Gasteiger partial charge in [-0.2, -0.15) is 0 Å². The molecular formula is C18H20ClF2N2O+. The van der Waals surface area contributed by atoms with E-state index in [-0.39, 0.29) is 24.1 Å². The summed E-state index contributed by atoms with van der Waals surface area (Å²) < 4.78 is 26.6. The lowest BCUT2D eigenvalue weighted by atomic mass is 10.1. The highest BCUT2D eigenvalue weighted by molar-refractivity contribution is 6.30. The number of hydrogen-bond donors (Lipinski definition) is 2. The molecule has 1 amide bonds. The molecule has 3 N–H and O–H groups in total. The molecule has 0 radical (unpaired) electrons. The summed E-state index contributed by atoms with van der Waals surface area (Å²) in [6, 6.07) is 10.3. The van der Waals surface area contributed by atoms with Crippen molar-refractivity contribution in [1.29, 1.82) is 0 Å². The maximum absolute atomic E-state index is 13.7. The summed E-state index contributed by atoms with van der Waals surface area (Å²) in [5.41, 5.74) is 1.32. The van der Waals surface area contributed by atoms with Crippen molar-refractivity contribution in [1.82, 2.24) is 5.32 Å². The molecule has 0 aliphatic rings. The molecular weight excluding hydrogens is 334 g/mol. The van der Waals surface area contributed by atoms with Gasteiger partial charge in [0.1, 0.15) is 17.7 Å². The van der Waals surface area contributed by atoms with Crippen molar-refractivity contribution in [2.24, 2.45) is 0 Å². The third-order valence-electron chi connectivity index (χ3n) is 3.86. The summed E-state index contributed by atoms with van der Waals surface area (Å²) in [5.74, 6) is -1.52. The van der Waals surface area contributed by atoms with Crippen molar-refractivity contribution in [3.05, 3.63) is 70.2 Å². The van der Waals surface area contributed by atoms with Crippen molar-refractivity contribution in [3.8, 4) is 0 Å². The second kappa shape index (κ2) is 8.22. The normalized spacial score (nSPS) is 13.4. The van der Waals surface area contributed by atoms with Crippen molar-refractivity contribution >= 4 is 17.5 Å². The number of amides is 1. The van der Waals surface area contributed by atoms with E-state index in [1.54, 1.807) is 19.1 Å². The number of carbonyl (C=O) groups is 1. The van der Waals surface area contributed by atoms with Gasteiger partial charge in [0.2, 0.25) is 0 Å². The fraction of sp³-hybridized carbons (Fsp3) is 0.278. The highest BCUT2D eigenvalue weighted by atomic mass is 35.5. The van der Waals surface area contributed by atoms with E-state index in [9.17, 15) is 13.6 Å². The van der Waals surface area contributed by atoms with Crippen LogP contribution in [0.4, 0.5) is 8.78 Å². The minimum absolute atomic E-state index is 0.0888. The fourth-order valence-corrected chi connectivity index (χ4v) is 2.54. The van der Waals surface area contributed by atoms with Crippen LogP contribution in [0.2, 0.25) is 5.02 Å². The molecule has 2 aromatic carbocycles. The quantitative estimate of drug-likeness (QED) is 0.823. The summed E-state index contributed by atoms with van der Waals surface area (Å²) in [6.45, 7) is 3.85. The standard InChI is InChI=1S/C18H19ClF2N2O/c1-11(13-3-5-14(19)6-4-13)22-10-18(24)23-12(2)16-8-7-15(20)9-17(16)21/h3-9,11-12,22H,10H2,1-2H3,(H,23,24)/p+1/t11-,12+/m0/s1. The summed E-state index contributed by atoms with van der Waals surface area (Å²) in [6.07, 6.45) is 0. The van der Waals surface area contributed by atoms with Crippen molar-refractivity contribution < 1.29 is 18.9 Å². The first-order chi connectivity index (χ1) is 11.4. The molecule has 0 fully saturated rings. The molecule has 2 atom stereocenters. The van der Waals surface area contributed by atoms with E-state index >= 15 is 0 Å². The van der Waals surface area contributed by atoms with Gasteiger partial charge in [0, 0.05) is 22.2 Å². The minimum atomic E-state index is -0.665. The average Bonchev–Trinajstić information content (AvgIpc) is 2.53. The van der Waals surface area contributed by atoms with Crippen LogP contribution in [0.15, 0.2) is 42.5 Å². The molecule has 0 saturated carbocycles. The van der Waals surface area contributed by atoms with Gasteiger partial charge < -0.3 is 10.6 Å². The van der Waals surface area contributed by atoms with Crippen LogP contribution in [0.1, 0.15) is 37.1 Å². The molecule has 24 heavy (non-hydrogen) atoms. The number of benzene rings is 2. The van der Waals surface area contributed by atoms with Gasteiger partial charge in [0.05, 0.1) is 6.04 Å². The van der Waals surface area contributed by atoms with Crippen LogP contribution in [0, 0.1) is 11.6 Å². The smallest absolute Gasteiger partial charge is 0.275 e. The fourth-order valence-electron chi connectivity index (χ4n) is 2.42. The number of halogens is 3. The van der Waals surface area contributed by atoms with Crippen molar-refractivity contribution in [3.63, 3.8) is 0 Å². The van der Waals surface area contributed by atoms with Crippen LogP contribution < -0.4 is 10.6 Å². The van der Waals surface area contributed by atoms with Crippen molar-refractivity contribution in [2.45, 2.75) is 25.9 Å². The largest absolute Gasteiger partial charge is 0.345 e. The molecule has 0 bridgehead atoms. The average molecular weight is 354 g/mol. The maximum Gasteiger partial charge on any atom is 0.275 e. The van der Waals surface area contributed by atoms with E-state index < -0.39 is 17.7 Å². The third-order valence-corrected chi connectivity index (χ3v) is 4.11. The molecule has 0 heterocycles. The molecule has 0 unspecified atom stereocenters. The second-order valence-corrected chi connectivity index (χ2v) is 6.17. The summed E-state index contributed by atoms with van der Waals surface area (Å²) >= 11 is 5.85. The summed E-state index contributed by atoms with van der Waals surface area (Å²) in [5, 5.41) is 5.27. The highest BCUT2D eigenvalue weighted by Crippen LogP contribution is 2.17. The third kappa shape index (κ3) is 5.01. The van der Waals surface area contributed by atoms with E-state index in [0.29, 0.717) is 5.02 Å². The van der Waals surface area contributed by atoms with Crippen LogP contribution in [-0.2, 0) is 4.79 Å². The number of nitrogens with one attached hydrogen (secondary N) is 1. The monoisotopic (exact) mass is 353 g/mol. The lowest BCUT2D eigenvalue weighted by Crippen LogP contribution is -2.87. The van der Waals surface area contributed by atoms with Gasteiger partial charge in [-0.05, 0) is 32.0 Å². The Morgan fingerprint density at radius 2 is 1.83 bits per heavy atom. The Bertz CT molecular complexity index is 707. The molecule has 2 rings (SSSR count). The molecule has 0 spiro atoms. The Morgan fingerprint density at radius 3 is 2.46 bits per heavy atom. The van der Waals surface area contributed by atoms with Crippen LogP contribution in [0.25, 0.3) is 0 Å². The van der Waals surface area contributed by atoms with Gasteiger partial charge >= 0.3 is 0 Å². The lowest BCUT2D eigenvalue weighted by molar-refractivity contribution is -0.682. The van der Waals surface area contributed by atoms with E-state index in [1.807, 2.05) is 24.4 Å². The van der Waals surface area contributed by atoms with E-state index in [4.69, 9.17) is 11.6 Å². The molecule has 0 saturated heterocycles. The van der Waals surface area contributed by atoms with Gasteiger partial charge in [-0.3, -0.25) is 4.79 Å². The molecule has 0 aliphatic heterocycles.